The van der Waals surface area contributed by atoms with Crippen molar-refractivity contribution in [3.63, 3.8) is 0 Å². The monoisotopic (exact) mass is 410 g/mol. The standard InChI is InChI=1S/C20H24F2N2O3S/c1-23(2)16-10-8-15(9-11-16)13-24(14-17-5-4-12-27-17)28(25,26)20-18(21)6-3-7-19(20)22/h3,6-11,17H,4-5,12-14H2,1-2H3/t17-/m1/s1. The fourth-order valence-electron chi connectivity index (χ4n) is 3.22. The van der Waals surface area contributed by atoms with Crippen molar-refractivity contribution in [1.82, 2.24) is 4.31 Å². The Kier molecular flexibility index (Phi) is 6.32. The lowest BCUT2D eigenvalue weighted by Gasteiger charge is -2.25. The summed E-state index contributed by atoms with van der Waals surface area (Å²) in [6.07, 6.45) is 1.26. The van der Waals surface area contributed by atoms with Gasteiger partial charge in [0.15, 0.2) is 4.90 Å². The van der Waals surface area contributed by atoms with E-state index < -0.39 is 26.6 Å². The van der Waals surface area contributed by atoms with Crippen LogP contribution in [0.1, 0.15) is 18.4 Å². The highest BCUT2D eigenvalue weighted by molar-refractivity contribution is 7.89. The molecule has 0 aromatic heterocycles. The van der Waals surface area contributed by atoms with E-state index in [0.29, 0.717) is 13.0 Å². The Bertz CT molecular complexity index is 891. The molecule has 0 saturated carbocycles. The van der Waals surface area contributed by atoms with Gasteiger partial charge >= 0.3 is 0 Å². The maximum absolute atomic E-state index is 14.2. The molecule has 152 valence electrons. The highest BCUT2D eigenvalue weighted by Crippen LogP contribution is 2.26. The van der Waals surface area contributed by atoms with E-state index in [9.17, 15) is 17.2 Å². The largest absolute Gasteiger partial charge is 0.378 e. The molecule has 1 aliphatic rings. The summed E-state index contributed by atoms with van der Waals surface area (Å²) in [6, 6.07) is 10.4. The molecule has 0 bridgehead atoms. The molecule has 3 rings (SSSR count). The second-order valence-electron chi connectivity index (χ2n) is 7.04. The summed E-state index contributed by atoms with van der Waals surface area (Å²) in [5, 5.41) is 0. The fraction of sp³-hybridized carbons (Fsp3) is 0.400. The maximum atomic E-state index is 14.2. The first-order valence-corrected chi connectivity index (χ1v) is 10.5. The minimum absolute atomic E-state index is 0.00365. The van der Waals surface area contributed by atoms with Crippen molar-refractivity contribution in [3.8, 4) is 0 Å². The molecule has 5 nitrogen and oxygen atoms in total. The van der Waals surface area contributed by atoms with Gasteiger partial charge in [-0.15, -0.1) is 0 Å². The first kappa shape index (κ1) is 20.7. The van der Waals surface area contributed by atoms with Gasteiger partial charge in [0, 0.05) is 39.5 Å². The average Bonchev–Trinajstić information content (AvgIpc) is 3.14. The number of rotatable bonds is 7. The van der Waals surface area contributed by atoms with Gasteiger partial charge < -0.3 is 9.64 Å². The van der Waals surface area contributed by atoms with Crippen molar-refractivity contribution in [2.75, 3.05) is 32.1 Å². The van der Waals surface area contributed by atoms with Crippen LogP contribution in [0.4, 0.5) is 14.5 Å². The van der Waals surface area contributed by atoms with E-state index in [0.717, 1.165) is 40.2 Å². The highest BCUT2D eigenvalue weighted by Gasteiger charge is 2.33. The fourth-order valence-corrected chi connectivity index (χ4v) is 4.79. The van der Waals surface area contributed by atoms with E-state index in [4.69, 9.17) is 4.74 Å². The van der Waals surface area contributed by atoms with Crippen LogP contribution in [0.5, 0.6) is 0 Å². The molecule has 0 aliphatic carbocycles. The van der Waals surface area contributed by atoms with Crippen LogP contribution in [-0.2, 0) is 21.3 Å². The Morgan fingerprint density at radius 3 is 2.25 bits per heavy atom. The summed E-state index contributed by atoms with van der Waals surface area (Å²) >= 11 is 0. The third-order valence-electron chi connectivity index (χ3n) is 4.76. The molecule has 1 fully saturated rings. The van der Waals surface area contributed by atoms with Crippen LogP contribution in [0.25, 0.3) is 0 Å². The summed E-state index contributed by atoms with van der Waals surface area (Å²) in [7, 11) is -0.568. The molecule has 1 atom stereocenters. The zero-order valence-electron chi connectivity index (χ0n) is 15.9. The Morgan fingerprint density at radius 1 is 1.07 bits per heavy atom. The first-order chi connectivity index (χ1) is 13.3. The van der Waals surface area contributed by atoms with E-state index in [1.807, 2.05) is 43.3 Å². The van der Waals surface area contributed by atoms with Crippen molar-refractivity contribution in [2.45, 2.75) is 30.4 Å². The molecule has 1 heterocycles. The minimum Gasteiger partial charge on any atom is -0.378 e. The van der Waals surface area contributed by atoms with E-state index in [2.05, 4.69) is 0 Å². The van der Waals surface area contributed by atoms with Gasteiger partial charge in [-0.05, 0) is 42.7 Å². The number of halogens is 2. The lowest BCUT2D eigenvalue weighted by atomic mass is 10.2. The van der Waals surface area contributed by atoms with Gasteiger partial charge in [-0.25, -0.2) is 17.2 Å². The molecule has 0 amide bonds. The van der Waals surface area contributed by atoms with Crippen LogP contribution in [0.3, 0.4) is 0 Å². The summed E-state index contributed by atoms with van der Waals surface area (Å²) in [4.78, 5) is 1.01. The van der Waals surface area contributed by atoms with E-state index in [1.165, 1.54) is 0 Å². The molecular weight excluding hydrogens is 386 g/mol. The number of sulfonamides is 1. The van der Waals surface area contributed by atoms with Crippen LogP contribution in [0.15, 0.2) is 47.4 Å². The van der Waals surface area contributed by atoms with Gasteiger partial charge in [-0.3, -0.25) is 0 Å². The summed E-state index contributed by atoms with van der Waals surface area (Å²) < 4.78 is 61.4. The number of ether oxygens (including phenoxy) is 1. The molecule has 1 aliphatic heterocycles. The third-order valence-corrected chi connectivity index (χ3v) is 6.62. The Balaban J connectivity index is 1.94. The number of anilines is 1. The molecule has 0 N–H and O–H groups in total. The summed E-state index contributed by atoms with van der Waals surface area (Å²) in [5.74, 6) is -2.19. The molecule has 28 heavy (non-hydrogen) atoms. The third kappa shape index (κ3) is 4.51. The lowest BCUT2D eigenvalue weighted by Crippen LogP contribution is -2.37. The van der Waals surface area contributed by atoms with E-state index >= 15 is 0 Å². The molecule has 8 heteroatoms. The first-order valence-electron chi connectivity index (χ1n) is 9.11. The topological polar surface area (TPSA) is 49.9 Å². The van der Waals surface area contributed by atoms with E-state index in [1.54, 1.807) is 0 Å². The van der Waals surface area contributed by atoms with E-state index in [-0.39, 0.29) is 19.2 Å². The van der Waals surface area contributed by atoms with Crippen LogP contribution < -0.4 is 4.90 Å². The average molecular weight is 410 g/mol. The Hall–Kier alpha value is -2.03. The van der Waals surface area contributed by atoms with Crippen molar-refractivity contribution in [2.24, 2.45) is 0 Å². The number of hydrogen-bond acceptors (Lipinski definition) is 4. The predicted molar refractivity (Wildman–Crippen MR) is 104 cm³/mol. The normalized spacial score (nSPS) is 17.2. The minimum atomic E-state index is -4.38. The van der Waals surface area contributed by atoms with Gasteiger partial charge in [0.25, 0.3) is 0 Å². The number of benzene rings is 2. The molecule has 2 aromatic carbocycles. The van der Waals surface area contributed by atoms with Crippen LogP contribution in [-0.4, -0.2) is 46.1 Å². The maximum Gasteiger partial charge on any atom is 0.249 e. The van der Waals surface area contributed by atoms with Gasteiger partial charge in [0.2, 0.25) is 10.0 Å². The molecule has 1 saturated heterocycles. The van der Waals surface area contributed by atoms with Gasteiger partial charge in [-0.2, -0.15) is 4.31 Å². The van der Waals surface area contributed by atoms with Crippen molar-refractivity contribution in [3.05, 3.63) is 59.7 Å². The molecule has 0 radical (unpaired) electrons. The predicted octanol–water partition coefficient (Wildman–Crippen LogP) is 3.40. The van der Waals surface area contributed by atoms with Crippen molar-refractivity contribution in [1.29, 1.82) is 0 Å². The van der Waals surface area contributed by atoms with Crippen molar-refractivity contribution < 1.29 is 21.9 Å². The van der Waals surface area contributed by atoms with Gasteiger partial charge in [-0.1, -0.05) is 18.2 Å². The van der Waals surface area contributed by atoms with Crippen molar-refractivity contribution >= 4 is 15.7 Å². The quantitative estimate of drug-likeness (QED) is 0.702. The lowest BCUT2D eigenvalue weighted by molar-refractivity contribution is 0.0924. The Labute approximate surface area is 164 Å². The van der Waals surface area contributed by atoms with Gasteiger partial charge in [0.1, 0.15) is 11.6 Å². The summed E-state index contributed by atoms with van der Waals surface area (Å²) in [6.45, 7) is 0.610. The van der Waals surface area contributed by atoms with Crippen LogP contribution in [0, 0.1) is 11.6 Å². The zero-order valence-corrected chi connectivity index (χ0v) is 16.8. The molecular formula is C20H24F2N2O3S. The van der Waals surface area contributed by atoms with Crippen LogP contribution in [0.2, 0.25) is 0 Å². The Morgan fingerprint density at radius 2 is 1.71 bits per heavy atom. The van der Waals surface area contributed by atoms with Gasteiger partial charge in [0.05, 0.1) is 6.10 Å². The second-order valence-corrected chi connectivity index (χ2v) is 8.92. The number of nitrogens with zero attached hydrogens (tertiary/aromatic N) is 2. The zero-order chi connectivity index (χ0) is 20.3. The smallest absolute Gasteiger partial charge is 0.249 e. The van der Waals surface area contributed by atoms with Crippen LogP contribution >= 0.6 is 0 Å². The molecule has 2 aromatic rings. The summed E-state index contributed by atoms with van der Waals surface area (Å²) in [5.41, 5.74) is 1.70. The molecule has 0 spiro atoms. The second kappa shape index (κ2) is 8.55. The molecule has 0 unspecified atom stereocenters. The number of hydrogen-bond donors (Lipinski definition) is 0. The highest BCUT2D eigenvalue weighted by atomic mass is 32.2. The SMILES string of the molecule is CN(C)c1ccc(CN(C[C@H]2CCCO2)S(=O)(=O)c2c(F)cccc2F)cc1.